The van der Waals surface area contributed by atoms with Gasteiger partial charge in [0.05, 0.1) is 12.8 Å². The average molecular weight is 576 g/mol. The van der Waals surface area contributed by atoms with Crippen LogP contribution in [0.2, 0.25) is 0 Å². The maximum atomic E-state index is 13.7. The molecule has 0 N–H and O–H groups in total. The Morgan fingerprint density at radius 2 is 1.50 bits per heavy atom. The summed E-state index contributed by atoms with van der Waals surface area (Å²) in [6.45, 7) is 13.6. The van der Waals surface area contributed by atoms with Crippen LogP contribution in [0.25, 0.3) is 5.52 Å². The smallest absolute Gasteiger partial charge is 0.325 e. The van der Waals surface area contributed by atoms with E-state index in [0.29, 0.717) is 23.2 Å². The number of ether oxygens (including phenoxy) is 1. The molecule has 3 aromatic rings. The van der Waals surface area contributed by atoms with Gasteiger partial charge in [0.1, 0.15) is 6.54 Å². The van der Waals surface area contributed by atoms with Gasteiger partial charge in [0, 0.05) is 28.9 Å². The Hall–Kier alpha value is -3.45. The van der Waals surface area contributed by atoms with Crippen LogP contribution in [0, 0.1) is 0 Å². The minimum absolute atomic E-state index is 0.0303. The molecule has 7 nitrogen and oxygen atoms in total. The Kier molecular flexibility index (Phi) is 12.8. The second kappa shape index (κ2) is 16.3. The standard InChI is InChI=1S/C35H49N3O4/c1-7-10-19-36(20-11-8-2)21-12-13-27-14-16-29(17-15-27)34(40)33-28(9-3)23-31-24-30(18-22-37(31)33)35(41)38(26(4)5)25-32(39)42-6/h14-18,22-24,26H,7-13,19-21,25H2,1-6H3. The van der Waals surface area contributed by atoms with Crippen LogP contribution in [0.1, 0.15) is 104 Å². The van der Waals surface area contributed by atoms with E-state index >= 15 is 0 Å². The van der Waals surface area contributed by atoms with Crippen LogP contribution in [-0.4, -0.2) is 71.2 Å². The summed E-state index contributed by atoms with van der Waals surface area (Å²) in [5, 5.41) is 0. The number of ketones is 1. The number of benzene rings is 1. The predicted octanol–water partition coefficient (Wildman–Crippen LogP) is 6.59. The van der Waals surface area contributed by atoms with Crippen molar-refractivity contribution in [1.82, 2.24) is 14.2 Å². The fourth-order valence-electron chi connectivity index (χ4n) is 5.32. The minimum atomic E-state index is -0.464. The van der Waals surface area contributed by atoms with Crippen LogP contribution in [0.5, 0.6) is 0 Å². The van der Waals surface area contributed by atoms with Crippen molar-refractivity contribution in [2.75, 3.05) is 33.3 Å². The predicted molar refractivity (Wildman–Crippen MR) is 169 cm³/mol. The van der Waals surface area contributed by atoms with E-state index in [1.54, 1.807) is 18.3 Å². The van der Waals surface area contributed by atoms with E-state index in [-0.39, 0.29) is 24.3 Å². The van der Waals surface area contributed by atoms with E-state index in [0.717, 1.165) is 30.5 Å². The number of methoxy groups -OCH3 is 1. The first kappa shape index (κ1) is 33.1. The van der Waals surface area contributed by atoms with Gasteiger partial charge in [-0.3, -0.25) is 14.4 Å². The molecule has 2 aromatic heterocycles. The molecule has 0 aliphatic rings. The van der Waals surface area contributed by atoms with Gasteiger partial charge in [-0.05, 0) is 94.9 Å². The number of amides is 1. The summed E-state index contributed by atoms with van der Waals surface area (Å²) in [5.41, 5.74) is 4.70. The second-order valence-electron chi connectivity index (χ2n) is 11.4. The number of hydrogen-bond acceptors (Lipinski definition) is 5. The Labute approximate surface area is 251 Å². The zero-order chi connectivity index (χ0) is 30.6. The van der Waals surface area contributed by atoms with Crippen molar-refractivity contribution < 1.29 is 19.1 Å². The first-order chi connectivity index (χ1) is 20.2. The lowest BCUT2D eigenvalue weighted by Gasteiger charge is -2.25. The van der Waals surface area contributed by atoms with Gasteiger partial charge in [0.15, 0.2) is 0 Å². The largest absolute Gasteiger partial charge is 0.468 e. The molecule has 3 rings (SSSR count). The van der Waals surface area contributed by atoms with Gasteiger partial charge in [0.25, 0.3) is 5.91 Å². The number of carbonyl (C=O) groups excluding carboxylic acids is 3. The molecule has 0 spiro atoms. The highest BCUT2D eigenvalue weighted by Crippen LogP contribution is 2.23. The quantitative estimate of drug-likeness (QED) is 0.134. The molecule has 0 aliphatic heterocycles. The molecule has 0 unspecified atom stereocenters. The Morgan fingerprint density at radius 1 is 0.857 bits per heavy atom. The lowest BCUT2D eigenvalue weighted by Crippen LogP contribution is -2.41. The molecule has 0 aliphatic carbocycles. The van der Waals surface area contributed by atoms with E-state index < -0.39 is 5.97 Å². The molecule has 0 atom stereocenters. The molecule has 228 valence electrons. The van der Waals surface area contributed by atoms with Crippen molar-refractivity contribution in [2.24, 2.45) is 0 Å². The fourth-order valence-corrected chi connectivity index (χ4v) is 5.32. The third-order valence-corrected chi connectivity index (χ3v) is 7.92. The average Bonchev–Trinajstić information content (AvgIpc) is 3.38. The van der Waals surface area contributed by atoms with Gasteiger partial charge in [-0.2, -0.15) is 0 Å². The number of esters is 1. The van der Waals surface area contributed by atoms with E-state index in [4.69, 9.17) is 4.74 Å². The summed E-state index contributed by atoms with van der Waals surface area (Å²) in [7, 11) is 1.31. The number of aryl methyl sites for hydroxylation is 2. The topological polar surface area (TPSA) is 71.3 Å². The van der Waals surface area contributed by atoms with Crippen LogP contribution in [0.15, 0.2) is 48.7 Å². The van der Waals surface area contributed by atoms with Gasteiger partial charge in [-0.25, -0.2) is 0 Å². The van der Waals surface area contributed by atoms with E-state index in [9.17, 15) is 14.4 Å². The van der Waals surface area contributed by atoms with Gasteiger partial charge in [-0.15, -0.1) is 0 Å². The van der Waals surface area contributed by atoms with Crippen LogP contribution >= 0.6 is 0 Å². The summed E-state index contributed by atoms with van der Waals surface area (Å²) in [6.07, 6.45) is 9.52. The Morgan fingerprint density at radius 3 is 2.07 bits per heavy atom. The number of fused-ring (bicyclic) bond motifs is 1. The van der Waals surface area contributed by atoms with Gasteiger partial charge in [0.2, 0.25) is 5.78 Å². The number of pyridine rings is 1. The van der Waals surface area contributed by atoms with Gasteiger partial charge in [-0.1, -0.05) is 57.9 Å². The summed E-state index contributed by atoms with van der Waals surface area (Å²) in [6, 6.07) is 13.3. The molecular weight excluding hydrogens is 526 g/mol. The molecule has 7 heteroatoms. The van der Waals surface area contributed by atoms with Crippen molar-refractivity contribution in [3.8, 4) is 0 Å². The fraction of sp³-hybridized carbons (Fsp3) is 0.514. The number of carbonyl (C=O) groups is 3. The zero-order valence-electron chi connectivity index (χ0n) is 26.4. The van der Waals surface area contributed by atoms with Gasteiger partial charge < -0.3 is 18.9 Å². The number of nitrogens with zero attached hydrogens (tertiary/aromatic N) is 3. The summed E-state index contributed by atoms with van der Waals surface area (Å²) in [5.74, 6) is -0.745. The SMILES string of the molecule is CCCCN(CCCC)CCCc1ccc(C(=O)c2c(CC)cc3cc(C(=O)N(CC(=O)OC)C(C)C)ccn23)cc1. The molecule has 0 bridgehead atoms. The number of aromatic nitrogens is 1. The van der Waals surface area contributed by atoms with Crippen LogP contribution < -0.4 is 0 Å². The second-order valence-corrected chi connectivity index (χ2v) is 11.4. The zero-order valence-corrected chi connectivity index (χ0v) is 26.4. The van der Waals surface area contributed by atoms with Crippen LogP contribution in [0.3, 0.4) is 0 Å². The maximum absolute atomic E-state index is 13.7. The van der Waals surface area contributed by atoms with Crippen molar-refractivity contribution in [3.63, 3.8) is 0 Å². The van der Waals surface area contributed by atoms with Crippen molar-refractivity contribution in [2.45, 2.75) is 85.6 Å². The van der Waals surface area contributed by atoms with Crippen LogP contribution in [0.4, 0.5) is 0 Å². The highest BCUT2D eigenvalue weighted by molar-refractivity contribution is 6.10. The first-order valence-electron chi connectivity index (χ1n) is 15.6. The number of unbranched alkanes of at least 4 members (excludes halogenated alkanes) is 2. The normalized spacial score (nSPS) is 11.4. The minimum Gasteiger partial charge on any atom is -0.468 e. The highest BCUT2D eigenvalue weighted by atomic mass is 16.5. The van der Waals surface area contributed by atoms with E-state index in [2.05, 4.69) is 30.9 Å². The Balaban J connectivity index is 1.75. The maximum Gasteiger partial charge on any atom is 0.325 e. The molecule has 0 saturated carbocycles. The summed E-state index contributed by atoms with van der Waals surface area (Å²) in [4.78, 5) is 43.0. The number of rotatable bonds is 17. The highest BCUT2D eigenvalue weighted by Gasteiger charge is 2.24. The third-order valence-electron chi connectivity index (χ3n) is 7.92. The Bertz CT molecular complexity index is 1320. The lowest BCUT2D eigenvalue weighted by molar-refractivity contribution is -0.141. The van der Waals surface area contributed by atoms with Crippen molar-refractivity contribution >= 4 is 23.2 Å². The van der Waals surface area contributed by atoms with E-state index in [1.807, 2.05) is 43.4 Å². The van der Waals surface area contributed by atoms with E-state index in [1.165, 1.54) is 56.3 Å². The van der Waals surface area contributed by atoms with Gasteiger partial charge >= 0.3 is 5.97 Å². The first-order valence-corrected chi connectivity index (χ1v) is 15.6. The molecule has 1 amide bonds. The molecule has 0 fully saturated rings. The summed E-state index contributed by atoms with van der Waals surface area (Å²) >= 11 is 0. The molecule has 1 aromatic carbocycles. The molecule has 0 saturated heterocycles. The lowest BCUT2D eigenvalue weighted by atomic mass is 10.0. The van der Waals surface area contributed by atoms with Crippen molar-refractivity contribution in [3.05, 3.63) is 76.6 Å². The summed E-state index contributed by atoms with van der Waals surface area (Å²) < 4.78 is 6.64. The molecule has 0 radical (unpaired) electrons. The molecule has 42 heavy (non-hydrogen) atoms. The molecule has 2 heterocycles. The number of hydrogen-bond donors (Lipinski definition) is 0. The molecular formula is C35H49N3O4. The van der Waals surface area contributed by atoms with Crippen LogP contribution in [-0.2, 0) is 22.4 Å². The van der Waals surface area contributed by atoms with Crippen molar-refractivity contribution in [1.29, 1.82) is 0 Å². The monoisotopic (exact) mass is 575 g/mol. The third kappa shape index (κ3) is 8.54.